The molecule has 0 aliphatic carbocycles. The number of nitrogens with one attached hydrogen (secondary N) is 1. The second kappa shape index (κ2) is 5.29. The van der Waals surface area contributed by atoms with Gasteiger partial charge in [0.05, 0.1) is 12.0 Å². The molecular weight excluding hydrogens is 245 g/mol. The van der Waals surface area contributed by atoms with Crippen LogP contribution in [0.2, 0.25) is 0 Å². The van der Waals surface area contributed by atoms with Crippen molar-refractivity contribution >= 4 is 11.6 Å². The van der Waals surface area contributed by atoms with Crippen LogP contribution in [-0.2, 0) is 0 Å². The zero-order chi connectivity index (χ0) is 13.9. The molecule has 1 amide bonds. The fourth-order valence-corrected chi connectivity index (χ4v) is 1.59. The molecule has 0 spiro atoms. The van der Waals surface area contributed by atoms with E-state index in [0.29, 0.717) is 0 Å². The lowest BCUT2D eigenvalue weighted by molar-refractivity contribution is -0.138. The van der Waals surface area contributed by atoms with E-state index in [1.54, 1.807) is 12.1 Å². The molecule has 0 fully saturated rings. The highest BCUT2D eigenvalue weighted by atomic mass is 19.4. The molecule has 1 atom stereocenters. The number of carbonyl (C=O) groups is 1. The Kier molecular flexibility index (Phi) is 4.21. The number of rotatable bonds is 3. The minimum absolute atomic E-state index is 0.189. The highest BCUT2D eigenvalue weighted by Crippen LogP contribution is 2.22. The number of hydrogen-bond acceptors (Lipinski definition) is 2. The van der Waals surface area contributed by atoms with Gasteiger partial charge < -0.3 is 11.1 Å². The third-order valence-electron chi connectivity index (χ3n) is 2.37. The lowest BCUT2D eigenvalue weighted by atomic mass is 10.1. The molecule has 1 aromatic rings. The summed E-state index contributed by atoms with van der Waals surface area (Å²) in [6.07, 6.45) is -5.37. The maximum Gasteiger partial charge on any atom is 0.391 e. The van der Waals surface area contributed by atoms with Crippen molar-refractivity contribution in [1.82, 2.24) is 5.32 Å². The predicted molar refractivity (Wildman–Crippen MR) is 63.2 cm³/mol. The summed E-state index contributed by atoms with van der Waals surface area (Å²) >= 11 is 0. The lowest BCUT2D eigenvalue weighted by Gasteiger charge is -2.16. The van der Waals surface area contributed by atoms with Crippen molar-refractivity contribution in [2.45, 2.75) is 32.5 Å². The summed E-state index contributed by atoms with van der Waals surface area (Å²) < 4.78 is 36.3. The van der Waals surface area contributed by atoms with Crippen LogP contribution in [0, 0.1) is 6.92 Å². The fraction of sp³-hybridized carbons (Fsp3) is 0.417. The van der Waals surface area contributed by atoms with Crippen molar-refractivity contribution in [2.75, 3.05) is 5.73 Å². The summed E-state index contributed by atoms with van der Waals surface area (Å²) in [6, 6.07) is 3.79. The van der Waals surface area contributed by atoms with Crippen LogP contribution < -0.4 is 11.1 Å². The Balaban J connectivity index is 2.71. The average Bonchev–Trinajstić information content (AvgIpc) is 2.13. The van der Waals surface area contributed by atoms with E-state index in [9.17, 15) is 18.0 Å². The standard InChI is InChI=1S/C12H15F3N2O/c1-7-3-4-9(10(16)5-7)11(18)17-8(2)6-12(13,14)15/h3-5,8H,6,16H2,1-2H3,(H,17,18). The predicted octanol–water partition coefficient (Wildman–Crippen LogP) is 2.65. The van der Waals surface area contributed by atoms with Gasteiger partial charge in [-0.05, 0) is 31.5 Å². The van der Waals surface area contributed by atoms with Gasteiger partial charge >= 0.3 is 6.18 Å². The summed E-state index contributed by atoms with van der Waals surface area (Å²) in [5, 5.41) is 2.27. The SMILES string of the molecule is Cc1ccc(C(=O)NC(C)CC(F)(F)F)c(N)c1. The molecule has 3 nitrogen and oxygen atoms in total. The topological polar surface area (TPSA) is 55.1 Å². The Morgan fingerprint density at radius 2 is 2.06 bits per heavy atom. The number of hydrogen-bond donors (Lipinski definition) is 2. The molecule has 0 radical (unpaired) electrons. The zero-order valence-corrected chi connectivity index (χ0v) is 10.1. The third kappa shape index (κ3) is 4.27. The molecule has 18 heavy (non-hydrogen) atoms. The summed E-state index contributed by atoms with van der Waals surface area (Å²) in [4.78, 5) is 11.7. The normalized spacial score (nSPS) is 13.2. The molecule has 0 aromatic heterocycles. The van der Waals surface area contributed by atoms with E-state index in [1.807, 2.05) is 6.92 Å². The number of carbonyl (C=O) groups excluding carboxylic acids is 1. The first-order valence-electron chi connectivity index (χ1n) is 5.43. The van der Waals surface area contributed by atoms with Gasteiger partial charge in [0.15, 0.2) is 0 Å². The number of amides is 1. The quantitative estimate of drug-likeness (QED) is 0.821. The van der Waals surface area contributed by atoms with Gasteiger partial charge in [0.2, 0.25) is 0 Å². The summed E-state index contributed by atoms with van der Waals surface area (Å²) in [5.74, 6) is -0.593. The Bertz CT molecular complexity index is 443. The van der Waals surface area contributed by atoms with E-state index < -0.39 is 24.5 Å². The molecule has 3 N–H and O–H groups in total. The number of alkyl halides is 3. The van der Waals surface area contributed by atoms with Crippen LogP contribution in [0.3, 0.4) is 0 Å². The van der Waals surface area contributed by atoms with E-state index in [-0.39, 0.29) is 11.3 Å². The average molecular weight is 260 g/mol. The number of halogens is 3. The molecule has 0 heterocycles. The molecule has 0 bridgehead atoms. The van der Waals surface area contributed by atoms with Gasteiger partial charge in [-0.3, -0.25) is 4.79 Å². The molecule has 0 aliphatic rings. The second-order valence-electron chi connectivity index (χ2n) is 4.28. The van der Waals surface area contributed by atoms with Gasteiger partial charge in [-0.25, -0.2) is 0 Å². The first kappa shape index (κ1) is 14.3. The maximum atomic E-state index is 12.1. The van der Waals surface area contributed by atoms with Crippen molar-refractivity contribution in [2.24, 2.45) is 0 Å². The number of anilines is 1. The zero-order valence-electron chi connectivity index (χ0n) is 10.1. The molecule has 0 aliphatic heterocycles. The summed E-state index contributed by atoms with van der Waals surface area (Å²) in [6.45, 7) is 3.11. The third-order valence-corrected chi connectivity index (χ3v) is 2.37. The molecule has 100 valence electrons. The van der Waals surface area contributed by atoms with Crippen molar-refractivity contribution < 1.29 is 18.0 Å². The Labute approximate surface area is 103 Å². The first-order chi connectivity index (χ1) is 8.19. The van der Waals surface area contributed by atoms with E-state index >= 15 is 0 Å². The number of benzene rings is 1. The number of aryl methyl sites for hydroxylation is 1. The Morgan fingerprint density at radius 1 is 1.44 bits per heavy atom. The van der Waals surface area contributed by atoms with Crippen LogP contribution in [0.15, 0.2) is 18.2 Å². The summed E-state index contributed by atoms with van der Waals surface area (Å²) in [7, 11) is 0. The van der Waals surface area contributed by atoms with Crippen LogP contribution in [-0.4, -0.2) is 18.1 Å². The monoisotopic (exact) mass is 260 g/mol. The molecule has 6 heteroatoms. The molecule has 0 saturated carbocycles. The van der Waals surface area contributed by atoms with Gasteiger partial charge in [-0.1, -0.05) is 6.07 Å². The second-order valence-corrected chi connectivity index (χ2v) is 4.28. The van der Waals surface area contributed by atoms with Gasteiger partial charge in [0.25, 0.3) is 5.91 Å². The minimum atomic E-state index is -4.30. The fourth-order valence-electron chi connectivity index (χ4n) is 1.59. The van der Waals surface area contributed by atoms with Crippen LogP contribution in [0.1, 0.15) is 29.3 Å². The van der Waals surface area contributed by atoms with Crippen molar-refractivity contribution in [3.8, 4) is 0 Å². The van der Waals surface area contributed by atoms with Gasteiger partial charge in [-0.15, -0.1) is 0 Å². The maximum absolute atomic E-state index is 12.1. The van der Waals surface area contributed by atoms with Gasteiger partial charge in [0, 0.05) is 11.7 Å². The van der Waals surface area contributed by atoms with Crippen LogP contribution in [0.5, 0.6) is 0 Å². The highest BCUT2D eigenvalue weighted by Gasteiger charge is 2.30. The van der Waals surface area contributed by atoms with Crippen molar-refractivity contribution in [1.29, 1.82) is 0 Å². The first-order valence-corrected chi connectivity index (χ1v) is 5.43. The van der Waals surface area contributed by atoms with Crippen molar-refractivity contribution in [3.05, 3.63) is 29.3 Å². The Hall–Kier alpha value is -1.72. The Morgan fingerprint density at radius 3 is 2.56 bits per heavy atom. The minimum Gasteiger partial charge on any atom is -0.398 e. The smallest absolute Gasteiger partial charge is 0.391 e. The lowest BCUT2D eigenvalue weighted by Crippen LogP contribution is -2.36. The summed E-state index contributed by atoms with van der Waals surface area (Å²) in [5.41, 5.74) is 6.97. The van der Waals surface area contributed by atoms with Crippen molar-refractivity contribution in [3.63, 3.8) is 0 Å². The van der Waals surface area contributed by atoms with Gasteiger partial charge in [0.1, 0.15) is 0 Å². The van der Waals surface area contributed by atoms with E-state index in [0.717, 1.165) is 5.56 Å². The molecule has 1 rings (SSSR count). The van der Waals surface area contributed by atoms with Crippen LogP contribution in [0.4, 0.5) is 18.9 Å². The number of nitrogens with two attached hydrogens (primary N) is 1. The van der Waals surface area contributed by atoms with Gasteiger partial charge in [-0.2, -0.15) is 13.2 Å². The van der Waals surface area contributed by atoms with Crippen LogP contribution in [0.25, 0.3) is 0 Å². The molecule has 1 aromatic carbocycles. The number of nitrogen functional groups attached to an aromatic ring is 1. The molecule has 1 unspecified atom stereocenters. The van der Waals surface area contributed by atoms with E-state index in [1.165, 1.54) is 13.0 Å². The molecule has 0 saturated heterocycles. The van der Waals surface area contributed by atoms with E-state index in [4.69, 9.17) is 5.73 Å². The van der Waals surface area contributed by atoms with E-state index in [2.05, 4.69) is 5.32 Å². The largest absolute Gasteiger partial charge is 0.398 e. The molecular formula is C12H15F3N2O. The van der Waals surface area contributed by atoms with Crippen LogP contribution >= 0.6 is 0 Å². The highest BCUT2D eigenvalue weighted by molar-refractivity contribution is 5.99.